The number of aromatic nitrogens is 2. The van der Waals surface area contributed by atoms with Gasteiger partial charge in [-0.1, -0.05) is 6.92 Å². The molecule has 0 aliphatic carbocycles. The number of aryl methyl sites for hydroxylation is 2. The van der Waals surface area contributed by atoms with Gasteiger partial charge in [-0.3, -0.25) is 4.79 Å². The first-order chi connectivity index (χ1) is 13.5. The minimum absolute atomic E-state index is 0.139. The van der Waals surface area contributed by atoms with Crippen LogP contribution in [0.1, 0.15) is 41.6 Å². The van der Waals surface area contributed by atoms with Gasteiger partial charge in [0.25, 0.3) is 5.91 Å². The molecule has 1 aromatic heterocycles. The molecule has 1 saturated heterocycles. The van der Waals surface area contributed by atoms with E-state index in [0.29, 0.717) is 25.2 Å². The second kappa shape index (κ2) is 8.99. The molecule has 1 amide bonds. The van der Waals surface area contributed by atoms with E-state index in [1.807, 2.05) is 13.0 Å². The first-order valence-corrected chi connectivity index (χ1v) is 9.74. The molecule has 1 aliphatic rings. The lowest BCUT2D eigenvalue weighted by molar-refractivity contribution is 0.0766. The number of rotatable bonds is 5. The first-order valence-electron chi connectivity index (χ1n) is 9.74. The number of anilines is 1. The van der Waals surface area contributed by atoms with Crippen LogP contribution in [-0.4, -0.2) is 54.1 Å². The van der Waals surface area contributed by atoms with Gasteiger partial charge in [0.05, 0.1) is 7.11 Å². The molecule has 7 heteroatoms. The van der Waals surface area contributed by atoms with Crippen LogP contribution in [0.4, 0.5) is 10.2 Å². The van der Waals surface area contributed by atoms with Crippen LogP contribution in [0.25, 0.3) is 0 Å². The van der Waals surface area contributed by atoms with Crippen LogP contribution >= 0.6 is 0 Å². The lowest BCUT2D eigenvalue weighted by atomic mass is 10.1. The summed E-state index contributed by atoms with van der Waals surface area (Å²) < 4.78 is 18.9. The van der Waals surface area contributed by atoms with Crippen molar-refractivity contribution in [3.63, 3.8) is 0 Å². The highest BCUT2D eigenvalue weighted by Gasteiger charge is 2.22. The number of ether oxygens (including phenoxy) is 1. The van der Waals surface area contributed by atoms with E-state index in [0.717, 1.165) is 43.1 Å². The summed E-state index contributed by atoms with van der Waals surface area (Å²) in [6, 6.07) is 6.34. The Hall–Kier alpha value is -2.70. The van der Waals surface area contributed by atoms with Gasteiger partial charge in [-0.15, -0.1) is 0 Å². The fourth-order valence-corrected chi connectivity index (χ4v) is 3.44. The van der Waals surface area contributed by atoms with Crippen molar-refractivity contribution in [3.05, 3.63) is 47.2 Å². The first kappa shape index (κ1) is 20.0. The fraction of sp³-hybridized carbons (Fsp3) is 0.476. The van der Waals surface area contributed by atoms with Crippen molar-refractivity contribution < 1.29 is 13.9 Å². The number of carbonyl (C=O) groups is 1. The van der Waals surface area contributed by atoms with Crippen molar-refractivity contribution in [3.8, 4) is 5.75 Å². The minimum atomic E-state index is -0.523. The van der Waals surface area contributed by atoms with E-state index in [1.54, 1.807) is 11.0 Å². The number of methoxy groups -OCH3 is 1. The van der Waals surface area contributed by atoms with Crippen LogP contribution in [0.3, 0.4) is 0 Å². The molecule has 2 heterocycles. The lowest BCUT2D eigenvalue weighted by Gasteiger charge is -2.23. The topological polar surface area (TPSA) is 58.6 Å². The Morgan fingerprint density at radius 3 is 2.71 bits per heavy atom. The number of hydrogen-bond acceptors (Lipinski definition) is 5. The highest BCUT2D eigenvalue weighted by Crippen LogP contribution is 2.20. The molecule has 3 rings (SSSR count). The van der Waals surface area contributed by atoms with Gasteiger partial charge in [0.2, 0.25) is 0 Å². The molecule has 1 fully saturated rings. The molecule has 0 atom stereocenters. The average molecular weight is 386 g/mol. The van der Waals surface area contributed by atoms with Crippen LogP contribution in [-0.2, 0) is 6.42 Å². The van der Waals surface area contributed by atoms with E-state index in [-0.39, 0.29) is 11.7 Å². The van der Waals surface area contributed by atoms with Crippen molar-refractivity contribution in [2.75, 3.05) is 38.2 Å². The van der Waals surface area contributed by atoms with Crippen LogP contribution in [0, 0.1) is 12.7 Å². The summed E-state index contributed by atoms with van der Waals surface area (Å²) in [5, 5.41) is 0. The van der Waals surface area contributed by atoms with Crippen molar-refractivity contribution in [1.29, 1.82) is 0 Å². The molecule has 0 bridgehead atoms. The summed E-state index contributed by atoms with van der Waals surface area (Å²) >= 11 is 0. The molecule has 28 heavy (non-hydrogen) atoms. The molecule has 1 aliphatic heterocycles. The number of nitrogens with zero attached hydrogens (tertiary/aromatic N) is 4. The normalized spacial score (nSPS) is 14.7. The Kier molecular flexibility index (Phi) is 6.44. The van der Waals surface area contributed by atoms with Crippen LogP contribution in [0.2, 0.25) is 0 Å². The van der Waals surface area contributed by atoms with Gasteiger partial charge >= 0.3 is 0 Å². The molecular formula is C21H27FN4O2. The SMILES string of the molecule is CCCc1nc(C)cc(N2CCCN(C(=O)c3ccc(OC)c(F)c3)CC2)n1. The van der Waals surface area contributed by atoms with E-state index >= 15 is 0 Å². The summed E-state index contributed by atoms with van der Waals surface area (Å²) in [6.07, 6.45) is 2.69. The van der Waals surface area contributed by atoms with E-state index in [1.165, 1.54) is 19.2 Å². The third-order valence-corrected chi connectivity index (χ3v) is 4.87. The third kappa shape index (κ3) is 4.58. The van der Waals surface area contributed by atoms with E-state index < -0.39 is 5.82 Å². The lowest BCUT2D eigenvalue weighted by Crippen LogP contribution is -2.35. The Balaban J connectivity index is 1.71. The Morgan fingerprint density at radius 2 is 2.00 bits per heavy atom. The number of carbonyl (C=O) groups excluding carboxylic acids is 1. The number of benzene rings is 1. The predicted molar refractivity (Wildman–Crippen MR) is 106 cm³/mol. The Labute approximate surface area is 165 Å². The zero-order chi connectivity index (χ0) is 20.1. The molecule has 1 aromatic carbocycles. The van der Waals surface area contributed by atoms with Crippen molar-refractivity contribution in [2.24, 2.45) is 0 Å². The maximum absolute atomic E-state index is 14.0. The highest BCUT2D eigenvalue weighted by molar-refractivity contribution is 5.94. The highest BCUT2D eigenvalue weighted by atomic mass is 19.1. The summed E-state index contributed by atoms with van der Waals surface area (Å²) in [4.78, 5) is 26.0. The van der Waals surface area contributed by atoms with E-state index in [9.17, 15) is 9.18 Å². The number of amides is 1. The average Bonchev–Trinajstić information content (AvgIpc) is 2.93. The van der Waals surface area contributed by atoms with Crippen LogP contribution in [0.5, 0.6) is 5.75 Å². The summed E-state index contributed by atoms with van der Waals surface area (Å²) in [6.45, 7) is 6.81. The largest absolute Gasteiger partial charge is 0.494 e. The molecular weight excluding hydrogens is 359 g/mol. The third-order valence-electron chi connectivity index (χ3n) is 4.87. The second-order valence-electron chi connectivity index (χ2n) is 7.02. The standard InChI is InChI=1S/C21H27FN4O2/c1-4-6-19-23-15(2)13-20(24-19)25-9-5-10-26(12-11-25)21(27)16-7-8-18(28-3)17(22)14-16/h7-8,13-14H,4-6,9-12H2,1-3H3. The van der Waals surface area contributed by atoms with Gasteiger partial charge in [0.1, 0.15) is 11.6 Å². The maximum atomic E-state index is 14.0. The van der Waals surface area contributed by atoms with Gasteiger partial charge in [0.15, 0.2) is 11.6 Å². The molecule has 2 aromatic rings. The molecule has 0 saturated carbocycles. The zero-order valence-corrected chi connectivity index (χ0v) is 16.7. The Morgan fingerprint density at radius 1 is 1.18 bits per heavy atom. The van der Waals surface area contributed by atoms with Gasteiger partial charge in [-0.2, -0.15) is 0 Å². The maximum Gasteiger partial charge on any atom is 0.254 e. The minimum Gasteiger partial charge on any atom is -0.494 e. The van der Waals surface area contributed by atoms with Gasteiger partial charge in [-0.05, 0) is 38.0 Å². The molecule has 6 nitrogen and oxygen atoms in total. The van der Waals surface area contributed by atoms with Crippen molar-refractivity contribution in [2.45, 2.75) is 33.1 Å². The van der Waals surface area contributed by atoms with Crippen molar-refractivity contribution >= 4 is 11.7 Å². The Bertz CT molecular complexity index is 843. The van der Waals surface area contributed by atoms with E-state index in [2.05, 4.69) is 16.8 Å². The number of hydrogen-bond donors (Lipinski definition) is 0. The quantitative estimate of drug-likeness (QED) is 0.790. The summed E-state index contributed by atoms with van der Waals surface area (Å²) in [5.41, 5.74) is 1.30. The van der Waals surface area contributed by atoms with E-state index in [4.69, 9.17) is 9.72 Å². The molecule has 0 radical (unpaired) electrons. The van der Waals surface area contributed by atoms with Crippen LogP contribution in [0.15, 0.2) is 24.3 Å². The summed E-state index contributed by atoms with van der Waals surface area (Å²) in [7, 11) is 1.41. The second-order valence-corrected chi connectivity index (χ2v) is 7.02. The fourth-order valence-electron chi connectivity index (χ4n) is 3.44. The monoisotopic (exact) mass is 386 g/mol. The molecule has 0 unspecified atom stereocenters. The smallest absolute Gasteiger partial charge is 0.254 e. The molecule has 150 valence electrons. The van der Waals surface area contributed by atoms with Crippen molar-refractivity contribution in [1.82, 2.24) is 14.9 Å². The summed E-state index contributed by atoms with van der Waals surface area (Å²) in [5.74, 6) is 1.24. The molecule has 0 spiro atoms. The van der Waals surface area contributed by atoms with Crippen LogP contribution < -0.4 is 9.64 Å². The number of halogens is 1. The van der Waals surface area contributed by atoms with Gasteiger partial charge in [-0.25, -0.2) is 14.4 Å². The molecule has 0 N–H and O–H groups in total. The zero-order valence-electron chi connectivity index (χ0n) is 16.7. The van der Waals surface area contributed by atoms with Gasteiger partial charge in [0, 0.05) is 49.9 Å². The van der Waals surface area contributed by atoms with Gasteiger partial charge < -0.3 is 14.5 Å². The predicted octanol–water partition coefficient (Wildman–Crippen LogP) is 3.24.